The maximum Gasteiger partial charge on any atom is 0.306 e. The van der Waals surface area contributed by atoms with E-state index in [-0.39, 0.29) is 31.1 Å². The molecule has 0 amide bonds. The second kappa shape index (κ2) is 30.4. The van der Waals surface area contributed by atoms with E-state index in [1.54, 1.807) is 0 Å². The Balaban J connectivity index is 4.27. The molecule has 6 nitrogen and oxygen atoms in total. The summed E-state index contributed by atoms with van der Waals surface area (Å²) in [5.41, 5.74) is 0. The third kappa shape index (κ3) is 31.6. The monoisotopic (exact) mass is 611 g/mol. The van der Waals surface area contributed by atoms with E-state index >= 15 is 0 Å². The van der Waals surface area contributed by atoms with Crippen LogP contribution in [0.1, 0.15) is 189 Å². The van der Waals surface area contributed by atoms with Gasteiger partial charge in [0.15, 0.2) is 6.10 Å². The van der Waals surface area contributed by atoms with Gasteiger partial charge in [-0.2, -0.15) is 0 Å². The Hall–Kier alpha value is -1.59. The summed E-state index contributed by atoms with van der Waals surface area (Å²) < 4.78 is 16.4. The quantitative estimate of drug-likeness (QED) is 0.0441. The maximum atomic E-state index is 12.4. The molecule has 0 bridgehead atoms. The van der Waals surface area contributed by atoms with E-state index in [0.717, 1.165) is 76.0 Å². The zero-order valence-electron chi connectivity index (χ0n) is 29.1. The summed E-state index contributed by atoms with van der Waals surface area (Å²) in [7, 11) is 0. The Morgan fingerprint density at radius 1 is 0.442 bits per heavy atom. The highest BCUT2D eigenvalue weighted by atomic mass is 16.6. The van der Waals surface area contributed by atoms with Gasteiger partial charge in [0.05, 0.1) is 0 Å². The van der Waals surface area contributed by atoms with E-state index in [1.165, 1.54) is 70.6 Å². The maximum absolute atomic E-state index is 12.4. The van der Waals surface area contributed by atoms with Crippen molar-refractivity contribution in [2.75, 3.05) is 13.2 Å². The molecule has 0 N–H and O–H groups in total. The van der Waals surface area contributed by atoms with Crippen molar-refractivity contribution in [1.29, 1.82) is 0 Å². The van der Waals surface area contributed by atoms with Crippen LogP contribution < -0.4 is 0 Å². The lowest BCUT2D eigenvalue weighted by Gasteiger charge is -2.18. The van der Waals surface area contributed by atoms with Gasteiger partial charge < -0.3 is 14.2 Å². The largest absolute Gasteiger partial charge is 0.462 e. The molecule has 0 radical (unpaired) electrons. The molecule has 0 fully saturated rings. The van der Waals surface area contributed by atoms with Crippen LogP contribution in [0.4, 0.5) is 0 Å². The van der Waals surface area contributed by atoms with Gasteiger partial charge in [-0.1, -0.05) is 150 Å². The summed E-state index contributed by atoms with van der Waals surface area (Å²) in [4.78, 5) is 37.1. The second-order valence-electron chi connectivity index (χ2n) is 13.5. The number of hydrogen-bond donors (Lipinski definition) is 0. The van der Waals surface area contributed by atoms with Gasteiger partial charge >= 0.3 is 17.9 Å². The minimum Gasteiger partial charge on any atom is -0.462 e. The molecular weight excluding hydrogens is 540 g/mol. The van der Waals surface area contributed by atoms with Gasteiger partial charge in [-0.05, 0) is 31.1 Å². The van der Waals surface area contributed by atoms with E-state index in [4.69, 9.17) is 14.2 Å². The predicted octanol–water partition coefficient (Wildman–Crippen LogP) is 10.7. The molecule has 0 aliphatic carbocycles. The average Bonchev–Trinajstić information content (AvgIpc) is 2.96. The summed E-state index contributed by atoms with van der Waals surface area (Å²) in [6.07, 6.45) is 24.2. The minimum atomic E-state index is -0.757. The van der Waals surface area contributed by atoms with Crippen LogP contribution in [0.25, 0.3) is 0 Å². The van der Waals surface area contributed by atoms with Crippen LogP contribution in [0.15, 0.2) is 0 Å². The van der Waals surface area contributed by atoms with E-state index in [9.17, 15) is 14.4 Å². The molecule has 0 rings (SSSR count). The SMILES string of the molecule is CCCCCCCC(=O)O[C@H](COC(=O)CCCCCCCCCCC(C)C)COC(=O)CCCCCCCCC(C)C. The first kappa shape index (κ1) is 41.4. The molecule has 0 heterocycles. The lowest BCUT2D eigenvalue weighted by molar-refractivity contribution is -0.167. The normalized spacial score (nSPS) is 12.1. The van der Waals surface area contributed by atoms with Crippen LogP contribution in [0.2, 0.25) is 0 Å². The van der Waals surface area contributed by atoms with Crippen molar-refractivity contribution >= 4 is 17.9 Å². The van der Waals surface area contributed by atoms with E-state index in [2.05, 4.69) is 34.6 Å². The summed E-state index contributed by atoms with van der Waals surface area (Å²) in [5.74, 6) is 0.670. The molecule has 0 aromatic heterocycles. The van der Waals surface area contributed by atoms with Crippen molar-refractivity contribution in [3.63, 3.8) is 0 Å². The van der Waals surface area contributed by atoms with E-state index in [0.29, 0.717) is 19.3 Å². The highest BCUT2D eigenvalue weighted by Gasteiger charge is 2.19. The van der Waals surface area contributed by atoms with Gasteiger partial charge in [-0.3, -0.25) is 14.4 Å². The van der Waals surface area contributed by atoms with Crippen LogP contribution in [-0.4, -0.2) is 37.2 Å². The van der Waals surface area contributed by atoms with Crippen molar-refractivity contribution in [2.24, 2.45) is 11.8 Å². The fourth-order valence-electron chi connectivity index (χ4n) is 5.16. The molecule has 0 unspecified atom stereocenters. The molecule has 0 aromatic carbocycles. The van der Waals surface area contributed by atoms with Crippen LogP contribution in [-0.2, 0) is 28.6 Å². The smallest absolute Gasteiger partial charge is 0.306 e. The van der Waals surface area contributed by atoms with E-state index in [1.807, 2.05) is 0 Å². The summed E-state index contributed by atoms with van der Waals surface area (Å²) in [6.45, 7) is 11.1. The molecule has 0 aromatic rings. The van der Waals surface area contributed by atoms with Gasteiger partial charge in [0.1, 0.15) is 13.2 Å². The average molecular weight is 611 g/mol. The topological polar surface area (TPSA) is 78.9 Å². The molecule has 1 atom stereocenters. The summed E-state index contributed by atoms with van der Waals surface area (Å²) in [5, 5.41) is 0. The van der Waals surface area contributed by atoms with Gasteiger partial charge in [0.25, 0.3) is 0 Å². The number of rotatable bonds is 31. The fraction of sp³-hybridized carbons (Fsp3) is 0.919. The van der Waals surface area contributed by atoms with Gasteiger partial charge in [-0.25, -0.2) is 0 Å². The number of esters is 3. The molecule has 0 spiro atoms. The first-order valence-corrected chi connectivity index (χ1v) is 18.2. The highest BCUT2D eigenvalue weighted by Crippen LogP contribution is 2.15. The van der Waals surface area contributed by atoms with E-state index < -0.39 is 6.10 Å². The number of carbonyl (C=O) groups excluding carboxylic acids is 3. The first-order valence-electron chi connectivity index (χ1n) is 18.2. The van der Waals surface area contributed by atoms with Crippen molar-refractivity contribution in [3.05, 3.63) is 0 Å². The zero-order valence-corrected chi connectivity index (χ0v) is 29.1. The first-order chi connectivity index (χ1) is 20.7. The van der Waals surface area contributed by atoms with Crippen molar-refractivity contribution < 1.29 is 28.6 Å². The molecule has 0 saturated carbocycles. The molecule has 254 valence electrons. The predicted molar refractivity (Wildman–Crippen MR) is 178 cm³/mol. The summed E-state index contributed by atoms with van der Waals surface area (Å²) >= 11 is 0. The number of hydrogen-bond acceptors (Lipinski definition) is 6. The third-order valence-corrected chi connectivity index (χ3v) is 7.97. The van der Waals surface area contributed by atoms with Crippen LogP contribution in [0.3, 0.4) is 0 Å². The van der Waals surface area contributed by atoms with Crippen molar-refractivity contribution in [1.82, 2.24) is 0 Å². The Morgan fingerprint density at radius 2 is 0.767 bits per heavy atom. The molecule has 0 aliphatic heterocycles. The van der Waals surface area contributed by atoms with Gasteiger partial charge in [-0.15, -0.1) is 0 Å². The third-order valence-electron chi connectivity index (χ3n) is 7.97. The van der Waals surface area contributed by atoms with Crippen LogP contribution >= 0.6 is 0 Å². The molecule has 43 heavy (non-hydrogen) atoms. The molecule has 6 heteroatoms. The van der Waals surface area contributed by atoms with Gasteiger partial charge in [0, 0.05) is 19.3 Å². The Labute approximate surface area is 266 Å². The second-order valence-corrected chi connectivity index (χ2v) is 13.5. The summed E-state index contributed by atoms with van der Waals surface area (Å²) in [6, 6.07) is 0. The zero-order chi connectivity index (χ0) is 32.0. The van der Waals surface area contributed by atoms with Crippen molar-refractivity contribution in [2.45, 2.75) is 195 Å². The number of unbranched alkanes of at least 4 members (excludes halogenated alkanes) is 16. The molecule has 0 saturated heterocycles. The fourth-order valence-corrected chi connectivity index (χ4v) is 5.16. The van der Waals surface area contributed by atoms with Crippen LogP contribution in [0, 0.1) is 11.8 Å². The Morgan fingerprint density at radius 3 is 1.14 bits per heavy atom. The number of carbonyl (C=O) groups is 3. The minimum absolute atomic E-state index is 0.0690. The van der Waals surface area contributed by atoms with Gasteiger partial charge in [0.2, 0.25) is 0 Å². The highest BCUT2D eigenvalue weighted by molar-refractivity contribution is 5.71. The van der Waals surface area contributed by atoms with Crippen molar-refractivity contribution in [3.8, 4) is 0 Å². The lowest BCUT2D eigenvalue weighted by Crippen LogP contribution is -2.30. The number of ether oxygens (including phenoxy) is 3. The molecular formula is C37H70O6. The standard InChI is InChI=1S/C37H70O6/c1-6-7-8-15-24-29-37(40)43-34(31-42-36(39)28-23-19-14-13-17-21-26-33(4)5)30-41-35(38)27-22-18-12-10-9-11-16-20-25-32(2)3/h32-34H,6-31H2,1-5H3/t34-/m1/s1. The van der Waals surface area contributed by atoms with Crippen LogP contribution in [0.5, 0.6) is 0 Å². The Bertz CT molecular complexity index is 659. The Kier molecular flexibility index (Phi) is 29.3. The molecule has 0 aliphatic rings. The lowest BCUT2D eigenvalue weighted by atomic mass is 10.0.